The third kappa shape index (κ3) is 5.00. The first-order valence-electron chi connectivity index (χ1n) is 10.5. The van der Waals surface area contributed by atoms with E-state index in [-0.39, 0.29) is 17.4 Å². The Bertz CT molecular complexity index is 1120. The fraction of sp³-hybridized carbons (Fsp3) is 0.348. The Hall–Kier alpha value is -3.40. The Morgan fingerprint density at radius 1 is 1.15 bits per heavy atom. The Morgan fingerprint density at radius 2 is 1.94 bits per heavy atom. The van der Waals surface area contributed by atoms with Crippen LogP contribution in [0.15, 0.2) is 41.5 Å². The molecule has 33 heavy (non-hydrogen) atoms. The fourth-order valence-corrected chi connectivity index (χ4v) is 4.28. The minimum atomic E-state index is -4.60. The van der Waals surface area contributed by atoms with E-state index in [1.807, 2.05) is 6.07 Å². The summed E-state index contributed by atoms with van der Waals surface area (Å²) in [4.78, 5) is 24.7. The maximum Gasteiger partial charge on any atom is 0.416 e. The highest BCUT2D eigenvalue weighted by Crippen LogP contribution is 2.34. The molecule has 7 nitrogen and oxygen atoms in total. The average Bonchev–Trinajstić information content (AvgIpc) is 3.23. The van der Waals surface area contributed by atoms with E-state index in [1.54, 1.807) is 35.9 Å². The van der Waals surface area contributed by atoms with Gasteiger partial charge in [0.2, 0.25) is 5.91 Å². The van der Waals surface area contributed by atoms with Crippen molar-refractivity contribution >= 4 is 23.7 Å². The number of alkyl halides is 3. The SMILES string of the molecule is CN1CC(c2cc(C(=O)Nc3ccc4c(c3)CC(C(=O)NO)CC4)cc(C(F)(F)F)c2)C=N1. The summed E-state index contributed by atoms with van der Waals surface area (Å²) in [5, 5.41) is 17.3. The Kier molecular flexibility index (Phi) is 6.11. The number of aryl methyl sites for hydroxylation is 1. The lowest BCUT2D eigenvalue weighted by Gasteiger charge is -2.23. The molecule has 0 saturated heterocycles. The number of benzene rings is 2. The Balaban J connectivity index is 1.58. The van der Waals surface area contributed by atoms with Gasteiger partial charge in [0.05, 0.1) is 5.56 Å². The molecule has 0 spiro atoms. The van der Waals surface area contributed by atoms with Crippen molar-refractivity contribution in [1.29, 1.82) is 0 Å². The zero-order chi connectivity index (χ0) is 23.8. The second kappa shape index (κ2) is 8.86. The summed E-state index contributed by atoms with van der Waals surface area (Å²) >= 11 is 0. The molecule has 1 aliphatic carbocycles. The maximum atomic E-state index is 13.5. The van der Waals surface area contributed by atoms with Crippen LogP contribution in [0.4, 0.5) is 18.9 Å². The highest BCUT2D eigenvalue weighted by atomic mass is 19.4. The fourth-order valence-electron chi connectivity index (χ4n) is 4.28. The number of hydroxylamine groups is 1. The van der Waals surface area contributed by atoms with Crippen LogP contribution in [-0.2, 0) is 23.8 Å². The molecule has 4 rings (SSSR count). The molecule has 2 atom stereocenters. The monoisotopic (exact) mass is 460 g/mol. The number of likely N-dealkylation sites (N-methyl/N-ethyl adjacent to an activating group) is 1. The van der Waals surface area contributed by atoms with Crippen molar-refractivity contribution in [3.63, 3.8) is 0 Å². The van der Waals surface area contributed by atoms with E-state index in [0.717, 1.165) is 23.3 Å². The molecule has 0 bridgehead atoms. The topological polar surface area (TPSA) is 94.0 Å². The first-order chi connectivity index (χ1) is 15.6. The zero-order valence-corrected chi connectivity index (χ0v) is 17.8. The summed E-state index contributed by atoms with van der Waals surface area (Å²) in [5.74, 6) is -1.85. The standard InChI is InChI=1S/C23H23F3N4O3/c1-30-12-18(11-27-30)15-7-17(9-19(8-15)23(24,25)26)21(31)28-20-5-4-13-2-3-14(22(32)29-33)6-16(13)10-20/h4-5,7-11,14,18,33H,2-3,6,12H2,1H3,(H,28,31)(H,29,32). The third-order valence-corrected chi connectivity index (χ3v) is 6.05. The summed E-state index contributed by atoms with van der Waals surface area (Å²) in [6, 6.07) is 8.60. The first kappa shape index (κ1) is 22.8. The second-order valence-corrected chi connectivity index (χ2v) is 8.41. The van der Waals surface area contributed by atoms with Crippen molar-refractivity contribution in [3.8, 4) is 0 Å². The van der Waals surface area contributed by atoms with Gasteiger partial charge >= 0.3 is 6.18 Å². The van der Waals surface area contributed by atoms with E-state index in [1.165, 1.54) is 6.07 Å². The zero-order valence-electron chi connectivity index (χ0n) is 17.8. The number of anilines is 1. The molecule has 2 aromatic rings. The molecular formula is C23H23F3N4O3. The van der Waals surface area contributed by atoms with Crippen molar-refractivity contribution < 1.29 is 28.0 Å². The van der Waals surface area contributed by atoms with Crippen molar-refractivity contribution in [3.05, 3.63) is 64.2 Å². The number of hydrogen-bond donors (Lipinski definition) is 3. The van der Waals surface area contributed by atoms with E-state index in [9.17, 15) is 22.8 Å². The molecule has 1 heterocycles. The van der Waals surface area contributed by atoms with E-state index in [0.29, 0.717) is 37.1 Å². The lowest BCUT2D eigenvalue weighted by atomic mass is 9.83. The smallest absolute Gasteiger partial charge is 0.322 e. The number of fused-ring (bicyclic) bond motifs is 1. The highest BCUT2D eigenvalue weighted by Gasteiger charge is 2.33. The summed E-state index contributed by atoms with van der Waals surface area (Å²) in [5.41, 5.74) is 3.34. The molecular weight excluding hydrogens is 437 g/mol. The number of nitrogens with one attached hydrogen (secondary N) is 2. The van der Waals surface area contributed by atoms with Crippen LogP contribution in [0, 0.1) is 5.92 Å². The first-order valence-corrected chi connectivity index (χ1v) is 10.5. The number of nitrogens with zero attached hydrogens (tertiary/aromatic N) is 2. The van der Waals surface area contributed by atoms with Gasteiger partial charge in [-0.3, -0.25) is 19.8 Å². The van der Waals surface area contributed by atoms with E-state index >= 15 is 0 Å². The molecule has 0 aromatic heterocycles. The van der Waals surface area contributed by atoms with Crippen LogP contribution in [0.2, 0.25) is 0 Å². The van der Waals surface area contributed by atoms with Crippen molar-refractivity contribution in [2.24, 2.45) is 11.0 Å². The second-order valence-electron chi connectivity index (χ2n) is 8.41. The molecule has 3 N–H and O–H groups in total. The lowest BCUT2D eigenvalue weighted by molar-refractivity contribution is -0.137. The molecule has 2 aromatic carbocycles. The summed E-state index contributed by atoms with van der Waals surface area (Å²) in [7, 11) is 1.72. The van der Waals surface area contributed by atoms with Gasteiger partial charge in [-0.15, -0.1) is 0 Å². The number of amides is 2. The molecule has 0 saturated carbocycles. The molecule has 174 valence electrons. The van der Waals surface area contributed by atoms with Gasteiger partial charge in [-0.25, -0.2) is 5.48 Å². The number of hydrazone groups is 1. The third-order valence-electron chi connectivity index (χ3n) is 6.05. The van der Waals surface area contributed by atoms with E-state index in [2.05, 4.69) is 10.4 Å². The van der Waals surface area contributed by atoms with Gasteiger partial charge in [0.1, 0.15) is 0 Å². The van der Waals surface area contributed by atoms with Gasteiger partial charge in [0.15, 0.2) is 0 Å². The number of carbonyl (C=O) groups is 2. The van der Waals surface area contributed by atoms with Crippen LogP contribution in [0.1, 0.15) is 45.0 Å². The number of hydrogen-bond acceptors (Lipinski definition) is 5. The summed E-state index contributed by atoms with van der Waals surface area (Å²) in [6.45, 7) is 0.426. The predicted molar refractivity (Wildman–Crippen MR) is 115 cm³/mol. The van der Waals surface area contributed by atoms with E-state index in [4.69, 9.17) is 5.21 Å². The van der Waals surface area contributed by atoms with Crippen molar-refractivity contribution in [2.75, 3.05) is 18.9 Å². The van der Waals surface area contributed by atoms with Crippen LogP contribution in [0.25, 0.3) is 0 Å². The molecule has 2 unspecified atom stereocenters. The van der Waals surface area contributed by atoms with Crippen molar-refractivity contribution in [2.45, 2.75) is 31.4 Å². The summed E-state index contributed by atoms with van der Waals surface area (Å²) in [6.07, 6.45) is -1.39. The van der Waals surface area contributed by atoms with Gasteiger partial charge in [-0.2, -0.15) is 18.3 Å². The minimum absolute atomic E-state index is 0.0990. The average molecular weight is 460 g/mol. The van der Waals surface area contributed by atoms with Crippen LogP contribution in [0.5, 0.6) is 0 Å². The Morgan fingerprint density at radius 3 is 2.61 bits per heavy atom. The summed E-state index contributed by atoms with van der Waals surface area (Å²) < 4.78 is 40.5. The lowest BCUT2D eigenvalue weighted by Crippen LogP contribution is -2.32. The van der Waals surface area contributed by atoms with Gasteiger partial charge in [0, 0.05) is 42.9 Å². The highest BCUT2D eigenvalue weighted by molar-refractivity contribution is 6.04. The normalized spacial score (nSPS) is 19.8. The molecule has 0 fully saturated rings. The molecule has 0 radical (unpaired) electrons. The van der Waals surface area contributed by atoms with E-state index < -0.39 is 23.6 Å². The molecule has 10 heteroatoms. The largest absolute Gasteiger partial charge is 0.416 e. The van der Waals surface area contributed by atoms with Crippen LogP contribution >= 0.6 is 0 Å². The maximum absolute atomic E-state index is 13.5. The van der Waals surface area contributed by atoms with Crippen molar-refractivity contribution in [1.82, 2.24) is 10.5 Å². The quantitative estimate of drug-likeness (QED) is 0.480. The number of halogens is 3. The van der Waals surface area contributed by atoms with Gasteiger partial charge in [-0.1, -0.05) is 6.07 Å². The van der Waals surface area contributed by atoms with Crippen LogP contribution in [0.3, 0.4) is 0 Å². The minimum Gasteiger partial charge on any atom is -0.322 e. The number of rotatable bonds is 4. The number of carbonyl (C=O) groups excluding carboxylic acids is 2. The van der Waals surface area contributed by atoms with Gasteiger partial charge < -0.3 is 5.32 Å². The predicted octanol–water partition coefficient (Wildman–Crippen LogP) is 3.58. The molecule has 2 aliphatic rings. The van der Waals surface area contributed by atoms with Crippen LogP contribution < -0.4 is 10.8 Å². The van der Waals surface area contributed by atoms with Gasteiger partial charge in [-0.05, 0) is 66.3 Å². The molecule has 2 amide bonds. The Labute approximate surface area is 188 Å². The molecule has 1 aliphatic heterocycles. The van der Waals surface area contributed by atoms with Crippen LogP contribution in [-0.4, -0.2) is 41.8 Å². The van der Waals surface area contributed by atoms with Gasteiger partial charge in [0.25, 0.3) is 5.91 Å².